The van der Waals surface area contributed by atoms with Crippen molar-refractivity contribution in [3.05, 3.63) is 62.3 Å². The van der Waals surface area contributed by atoms with Crippen molar-refractivity contribution in [2.45, 2.75) is 24.9 Å². The number of benzene rings is 1. The summed E-state index contributed by atoms with van der Waals surface area (Å²) in [7, 11) is 1.57. The predicted octanol–water partition coefficient (Wildman–Crippen LogP) is 1.88. The van der Waals surface area contributed by atoms with E-state index in [2.05, 4.69) is 5.32 Å². The molecule has 2 amide bonds. The van der Waals surface area contributed by atoms with Gasteiger partial charge >= 0.3 is 0 Å². The van der Waals surface area contributed by atoms with Gasteiger partial charge in [0.25, 0.3) is 11.8 Å². The number of fused-ring (bicyclic) bond motifs is 2. The summed E-state index contributed by atoms with van der Waals surface area (Å²) in [6.45, 7) is 0.0957. The molecule has 0 radical (unpaired) electrons. The highest BCUT2D eigenvalue weighted by molar-refractivity contribution is 6.30. The van der Waals surface area contributed by atoms with E-state index in [0.29, 0.717) is 19.4 Å². The summed E-state index contributed by atoms with van der Waals surface area (Å²) in [5.74, 6) is -2.79. The van der Waals surface area contributed by atoms with Crippen molar-refractivity contribution in [1.29, 1.82) is 0 Å². The number of pyridine rings is 1. The first-order chi connectivity index (χ1) is 14.7. The quantitative estimate of drug-likeness (QED) is 0.611. The molecule has 11 heteroatoms. The molecule has 4 rings (SSSR count). The monoisotopic (exact) mass is 485 g/mol. The Hall–Kier alpha value is -2.62. The van der Waals surface area contributed by atoms with Gasteiger partial charge in [0.2, 0.25) is 5.43 Å². The van der Waals surface area contributed by atoms with Gasteiger partial charge in [-0.2, -0.15) is 0 Å². The van der Waals surface area contributed by atoms with Gasteiger partial charge in [-0.15, -0.1) is 12.4 Å². The third-order valence-electron chi connectivity index (χ3n) is 6.09. The van der Waals surface area contributed by atoms with Crippen LogP contribution in [0.5, 0.6) is 5.75 Å². The number of aliphatic hydroxyl groups is 1. The first-order valence-electron chi connectivity index (χ1n) is 9.75. The summed E-state index contributed by atoms with van der Waals surface area (Å²) in [6, 6.07) is 4.36. The third-order valence-corrected chi connectivity index (χ3v) is 6.38. The van der Waals surface area contributed by atoms with Crippen LogP contribution in [0, 0.1) is 11.7 Å². The van der Waals surface area contributed by atoms with E-state index in [1.54, 1.807) is 7.05 Å². The number of halogens is 3. The topological polar surface area (TPSA) is 112 Å². The number of hydrogen-bond donors (Lipinski definition) is 3. The number of aromatic hydroxyl groups is 1. The highest BCUT2D eigenvalue weighted by Gasteiger charge is 2.51. The molecule has 1 aliphatic heterocycles. The highest BCUT2D eigenvalue weighted by Crippen LogP contribution is 2.47. The van der Waals surface area contributed by atoms with E-state index >= 15 is 0 Å². The van der Waals surface area contributed by atoms with Crippen LogP contribution in [0.15, 0.2) is 29.2 Å². The molecule has 8 nitrogen and oxygen atoms in total. The fraction of sp³-hybridized carbons (Fsp3) is 0.381. The lowest BCUT2D eigenvalue weighted by atomic mass is 9.67. The van der Waals surface area contributed by atoms with Gasteiger partial charge in [-0.3, -0.25) is 14.4 Å². The van der Waals surface area contributed by atoms with Gasteiger partial charge < -0.3 is 25.0 Å². The van der Waals surface area contributed by atoms with Crippen LogP contribution in [0.2, 0.25) is 5.02 Å². The first-order valence-corrected chi connectivity index (χ1v) is 10.1. The lowest BCUT2D eigenvalue weighted by Gasteiger charge is -2.53. The van der Waals surface area contributed by atoms with Gasteiger partial charge in [0.05, 0.1) is 10.6 Å². The maximum atomic E-state index is 14.1. The van der Waals surface area contributed by atoms with Crippen LogP contribution in [0.1, 0.15) is 39.3 Å². The Morgan fingerprint density at radius 2 is 2.03 bits per heavy atom. The molecule has 1 fully saturated rings. The second-order valence-electron chi connectivity index (χ2n) is 8.18. The summed E-state index contributed by atoms with van der Waals surface area (Å²) in [5, 5.41) is 22.3. The van der Waals surface area contributed by atoms with Crippen LogP contribution in [0.25, 0.3) is 0 Å². The summed E-state index contributed by atoms with van der Waals surface area (Å²) < 4.78 is 15.6. The zero-order valence-corrected chi connectivity index (χ0v) is 18.7. The highest BCUT2D eigenvalue weighted by atomic mass is 35.5. The van der Waals surface area contributed by atoms with E-state index < -0.39 is 34.3 Å². The minimum absolute atomic E-state index is 0. The smallest absolute Gasteiger partial charge is 0.274 e. The van der Waals surface area contributed by atoms with Crippen molar-refractivity contribution in [2.75, 3.05) is 20.2 Å². The van der Waals surface area contributed by atoms with E-state index in [1.807, 2.05) is 0 Å². The molecule has 3 N–H and O–H groups in total. The molecule has 2 aromatic rings. The number of carbonyl (C=O) groups is 2. The molecule has 172 valence electrons. The lowest BCUT2D eigenvalue weighted by molar-refractivity contribution is -0.0102. The summed E-state index contributed by atoms with van der Waals surface area (Å²) in [5.41, 5.74) is -1.99. The van der Waals surface area contributed by atoms with E-state index in [-0.39, 0.29) is 53.3 Å². The van der Waals surface area contributed by atoms with E-state index in [1.165, 1.54) is 33.9 Å². The molecular formula is C21H22Cl2FN3O5. The maximum absolute atomic E-state index is 14.1. The average Bonchev–Trinajstić information content (AvgIpc) is 2.71. The fourth-order valence-electron chi connectivity index (χ4n) is 4.54. The van der Waals surface area contributed by atoms with Crippen LogP contribution in [0.4, 0.5) is 4.39 Å². The number of nitrogens with zero attached hydrogens (tertiary/aromatic N) is 2. The Balaban J connectivity index is 0.00000289. The van der Waals surface area contributed by atoms with Gasteiger partial charge in [0, 0.05) is 38.5 Å². The van der Waals surface area contributed by atoms with Gasteiger partial charge in [0.1, 0.15) is 11.4 Å². The van der Waals surface area contributed by atoms with E-state index in [9.17, 15) is 29.0 Å². The molecule has 1 spiro atoms. The summed E-state index contributed by atoms with van der Waals surface area (Å²) >= 11 is 5.75. The van der Waals surface area contributed by atoms with Gasteiger partial charge in [-0.05, 0) is 24.8 Å². The Labute approximate surface area is 194 Å². The largest absolute Gasteiger partial charge is 0.503 e. The molecule has 0 bridgehead atoms. The minimum Gasteiger partial charge on any atom is -0.503 e. The Kier molecular flexibility index (Phi) is 6.55. The Morgan fingerprint density at radius 3 is 2.69 bits per heavy atom. The normalized spacial score (nSPS) is 21.6. The van der Waals surface area contributed by atoms with Crippen molar-refractivity contribution in [1.82, 2.24) is 14.8 Å². The molecule has 0 unspecified atom stereocenters. The number of aliphatic hydroxyl groups excluding tert-OH is 1. The molecule has 0 saturated heterocycles. The summed E-state index contributed by atoms with van der Waals surface area (Å²) in [6.07, 6.45) is 2.34. The second kappa shape index (κ2) is 8.73. The average molecular weight is 486 g/mol. The number of amides is 2. The Morgan fingerprint density at radius 1 is 1.34 bits per heavy atom. The van der Waals surface area contributed by atoms with Crippen molar-refractivity contribution < 1.29 is 24.2 Å². The predicted molar refractivity (Wildman–Crippen MR) is 117 cm³/mol. The first kappa shape index (κ1) is 24.0. The Bertz CT molecular complexity index is 1150. The van der Waals surface area contributed by atoms with E-state index in [0.717, 1.165) is 0 Å². The van der Waals surface area contributed by atoms with E-state index in [4.69, 9.17) is 11.6 Å². The number of rotatable bonds is 4. The van der Waals surface area contributed by atoms with Crippen molar-refractivity contribution in [3.8, 4) is 5.75 Å². The molecule has 32 heavy (non-hydrogen) atoms. The van der Waals surface area contributed by atoms with Crippen LogP contribution in [0.3, 0.4) is 0 Å². The fourth-order valence-corrected chi connectivity index (χ4v) is 4.73. The molecule has 1 aromatic heterocycles. The molecule has 1 aliphatic carbocycles. The number of carbonyl (C=O) groups excluding carboxylic acids is 2. The maximum Gasteiger partial charge on any atom is 0.274 e. The lowest BCUT2D eigenvalue weighted by Crippen LogP contribution is -2.60. The number of aromatic nitrogens is 1. The van der Waals surface area contributed by atoms with Crippen LogP contribution >= 0.6 is 24.0 Å². The second-order valence-corrected chi connectivity index (χ2v) is 8.58. The zero-order valence-electron chi connectivity index (χ0n) is 17.1. The van der Waals surface area contributed by atoms with Gasteiger partial charge in [-0.1, -0.05) is 23.7 Å². The standard InChI is InChI=1S/C21H21ClFN3O5.ClH/c1-25-10-21(5-11(6-21)9-27)26-8-13(17(28)18(29)16(26)20(25)31)19(30)24-7-12-3-2-4-14(22)15(12)23;/h2-4,8,11,27,29H,5-7,9-10H2,1H3,(H,24,30);1H. The number of hydrogen-bond acceptors (Lipinski definition) is 5. The number of likely N-dealkylation sites (N-methyl/N-ethyl adjacent to an activating group) is 1. The molecule has 1 saturated carbocycles. The van der Waals surface area contributed by atoms with Crippen LogP contribution in [-0.4, -0.2) is 51.7 Å². The molecule has 0 atom stereocenters. The molecular weight excluding hydrogens is 464 g/mol. The molecule has 2 heterocycles. The van der Waals surface area contributed by atoms with Crippen LogP contribution in [-0.2, 0) is 12.1 Å². The molecule has 2 aliphatic rings. The third kappa shape index (κ3) is 3.74. The van der Waals surface area contributed by atoms with Crippen molar-refractivity contribution in [3.63, 3.8) is 0 Å². The van der Waals surface area contributed by atoms with Crippen molar-refractivity contribution in [2.24, 2.45) is 5.92 Å². The zero-order chi connectivity index (χ0) is 22.5. The van der Waals surface area contributed by atoms with Crippen LogP contribution < -0.4 is 10.7 Å². The molecule has 1 aromatic carbocycles. The summed E-state index contributed by atoms with van der Waals surface area (Å²) in [4.78, 5) is 39.5. The van der Waals surface area contributed by atoms with Gasteiger partial charge in [0.15, 0.2) is 11.4 Å². The SMILES string of the molecule is CN1CC2(CC(CO)C2)n2cc(C(=O)NCc3cccc(Cl)c3F)c(=O)c(O)c2C1=O.Cl. The van der Waals surface area contributed by atoms with Gasteiger partial charge in [-0.25, -0.2) is 4.39 Å². The minimum atomic E-state index is -0.979. The number of nitrogens with one attached hydrogen (secondary N) is 1. The van der Waals surface area contributed by atoms with Crippen molar-refractivity contribution >= 4 is 35.8 Å².